The molecule has 5 atom stereocenters. The quantitative estimate of drug-likeness (QED) is 0.328. The van der Waals surface area contributed by atoms with Crippen LogP contribution in [-0.4, -0.2) is 57.6 Å². The molecule has 5 unspecified atom stereocenters. The molecule has 3 aliphatic carbocycles. The van der Waals surface area contributed by atoms with Crippen LogP contribution in [0.1, 0.15) is 97.0 Å². The Balaban J connectivity index is 1.31. The van der Waals surface area contributed by atoms with Crippen molar-refractivity contribution in [2.75, 3.05) is 6.54 Å². The van der Waals surface area contributed by atoms with Gasteiger partial charge in [0, 0.05) is 12.0 Å². The molecule has 2 bridgehead atoms. The molecule has 1 aliphatic heterocycles. The molecule has 8 heteroatoms. The molecule has 4 fully saturated rings. The maximum Gasteiger partial charge on any atom is 0.329 e. The van der Waals surface area contributed by atoms with E-state index >= 15 is 0 Å². The Morgan fingerprint density at radius 1 is 1.00 bits per heavy atom. The van der Waals surface area contributed by atoms with E-state index in [4.69, 9.17) is 4.74 Å². The van der Waals surface area contributed by atoms with Crippen molar-refractivity contribution in [3.8, 4) is 11.5 Å². The van der Waals surface area contributed by atoms with Crippen LogP contribution in [0.4, 0.5) is 0 Å². The highest BCUT2D eigenvalue weighted by atomic mass is 16.5. The van der Waals surface area contributed by atoms with Crippen molar-refractivity contribution in [1.29, 1.82) is 0 Å². The Hall–Kier alpha value is -2.77. The van der Waals surface area contributed by atoms with Gasteiger partial charge in [0.1, 0.15) is 18.2 Å². The topological polar surface area (TPSA) is 116 Å². The first-order valence-electron chi connectivity index (χ1n) is 15.3. The Labute approximate surface area is 237 Å². The van der Waals surface area contributed by atoms with Gasteiger partial charge in [-0.15, -0.1) is 0 Å². The van der Waals surface area contributed by atoms with Crippen LogP contribution in [0.5, 0.6) is 11.5 Å². The zero-order chi connectivity index (χ0) is 28.7. The third-order valence-corrected chi connectivity index (χ3v) is 11.1. The highest BCUT2D eigenvalue weighted by Gasteiger charge is 2.63. The zero-order valence-corrected chi connectivity index (χ0v) is 24.3. The van der Waals surface area contributed by atoms with Gasteiger partial charge in [-0.25, -0.2) is 4.79 Å². The van der Waals surface area contributed by atoms with Crippen LogP contribution < -0.4 is 5.32 Å². The number of fused-ring (bicyclic) bond motifs is 2. The molecule has 1 aromatic carbocycles. The third kappa shape index (κ3) is 5.30. The van der Waals surface area contributed by atoms with Crippen LogP contribution in [0.15, 0.2) is 18.2 Å². The summed E-state index contributed by atoms with van der Waals surface area (Å²) in [6.07, 6.45) is 10.1. The summed E-state index contributed by atoms with van der Waals surface area (Å²) >= 11 is 0. The average Bonchev–Trinajstić information content (AvgIpc) is 3.27. The van der Waals surface area contributed by atoms with Gasteiger partial charge in [-0.1, -0.05) is 46.1 Å². The molecule has 0 radical (unpaired) electrons. The Morgan fingerprint density at radius 3 is 2.38 bits per heavy atom. The maximum absolute atomic E-state index is 14.2. The average molecular weight is 555 g/mol. The lowest BCUT2D eigenvalue weighted by atomic mass is 9.70. The first kappa shape index (κ1) is 28.7. The molecule has 5 rings (SSSR count). The van der Waals surface area contributed by atoms with Crippen LogP contribution >= 0.6 is 0 Å². The van der Waals surface area contributed by atoms with E-state index in [9.17, 15) is 24.6 Å². The fourth-order valence-electron chi connectivity index (χ4n) is 8.08. The summed E-state index contributed by atoms with van der Waals surface area (Å²) < 4.78 is 6.25. The molecule has 1 aromatic rings. The van der Waals surface area contributed by atoms with E-state index < -0.39 is 12.1 Å². The van der Waals surface area contributed by atoms with E-state index in [1.54, 1.807) is 11.0 Å². The Bertz CT molecular complexity index is 1130. The predicted octanol–water partition coefficient (Wildman–Crippen LogP) is 4.84. The van der Waals surface area contributed by atoms with Crippen LogP contribution in [0.2, 0.25) is 0 Å². The van der Waals surface area contributed by atoms with E-state index in [0.717, 1.165) is 57.8 Å². The summed E-state index contributed by atoms with van der Waals surface area (Å²) in [5, 5.41) is 22.4. The number of ether oxygens (including phenoxy) is 1. The SMILES string of the molecule is CC1(C)C2CCC1(C)C(OC(=O)C1CCCCN1C(=O)C(NC(=O)Cc1ccc(O)c(O)c1)C1CCCCC1)C2. The molecular weight excluding hydrogens is 508 g/mol. The largest absolute Gasteiger partial charge is 0.504 e. The number of phenolic OH excluding ortho intramolecular Hbond substituents is 2. The number of nitrogens with zero attached hydrogens (tertiary/aromatic N) is 1. The second-order valence-electron chi connectivity index (χ2n) is 13.5. The molecule has 1 saturated heterocycles. The van der Waals surface area contributed by atoms with E-state index in [-0.39, 0.29) is 58.6 Å². The van der Waals surface area contributed by atoms with Gasteiger partial charge in [-0.05, 0) is 86.3 Å². The summed E-state index contributed by atoms with van der Waals surface area (Å²) in [4.78, 5) is 42.7. The molecule has 0 aromatic heterocycles. The molecular formula is C32H46N2O6. The number of nitrogens with one attached hydrogen (secondary N) is 1. The number of esters is 1. The van der Waals surface area contributed by atoms with E-state index in [2.05, 4.69) is 26.1 Å². The second kappa shape index (κ2) is 11.2. The minimum atomic E-state index is -0.703. The smallest absolute Gasteiger partial charge is 0.329 e. The number of piperidine rings is 1. The van der Waals surface area contributed by atoms with Crippen molar-refractivity contribution < 1.29 is 29.3 Å². The van der Waals surface area contributed by atoms with Crippen molar-refractivity contribution in [3.63, 3.8) is 0 Å². The van der Waals surface area contributed by atoms with Gasteiger partial charge in [-0.3, -0.25) is 9.59 Å². The number of benzene rings is 1. The first-order valence-corrected chi connectivity index (χ1v) is 15.3. The number of rotatable bonds is 7. The maximum atomic E-state index is 14.2. The van der Waals surface area contributed by atoms with Crippen molar-refractivity contribution in [3.05, 3.63) is 23.8 Å². The minimum absolute atomic E-state index is 0.0160. The van der Waals surface area contributed by atoms with Gasteiger partial charge in [0.05, 0.1) is 6.42 Å². The van der Waals surface area contributed by atoms with Gasteiger partial charge in [-0.2, -0.15) is 0 Å². The number of carbonyl (C=O) groups excluding carboxylic acids is 3. The van der Waals surface area contributed by atoms with Crippen LogP contribution in [0, 0.1) is 22.7 Å². The molecule has 1 heterocycles. The summed E-state index contributed by atoms with van der Waals surface area (Å²) in [5.41, 5.74) is 0.632. The Morgan fingerprint density at radius 2 is 1.73 bits per heavy atom. The standard InChI is InChI=1S/C32H46N2O6/c1-31(2)22-14-15-32(31,3)26(19-22)40-30(39)23-11-7-8-16-34(23)29(38)28(21-9-5-4-6-10-21)33-27(37)18-20-12-13-24(35)25(36)17-20/h12-13,17,21-23,26,28,35-36H,4-11,14-16,18-19H2,1-3H3,(H,33,37). The lowest BCUT2D eigenvalue weighted by Crippen LogP contribution is -2.58. The highest BCUT2D eigenvalue weighted by molar-refractivity contribution is 5.91. The van der Waals surface area contributed by atoms with E-state index in [0.29, 0.717) is 24.4 Å². The van der Waals surface area contributed by atoms with Crippen molar-refractivity contribution in [2.45, 2.75) is 116 Å². The van der Waals surface area contributed by atoms with Gasteiger partial charge in [0.2, 0.25) is 11.8 Å². The minimum Gasteiger partial charge on any atom is -0.504 e. The van der Waals surface area contributed by atoms with Gasteiger partial charge < -0.3 is 25.2 Å². The second-order valence-corrected chi connectivity index (χ2v) is 13.5. The summed E-state index contributed by atoms with van der Waals surface area (Å²) in [6, 6.07) is 2.97. The molecule has 2 amide bonds. The van der Waals surface area contributed by atoms with Crippen LogP contribution in [-0.2, 0) is 25.5 Å². The van der Waals surface area contributed by atoms with Gasteiger partial charge >= 0.3 is 5.97 Å². The molecule has 0 spiro atoms. The number of hydrogen-bond donors (Lipinski definition) is 3. The Kier molecular flexibility index (Phi) is 8.08. The molecule has 40 heavy (non-hydrogen) atoms. The van der Waals surface area contributed by atoms with Crippen molar-refractivity contribution in [2.24, 2.45) is 22.7 Å². The first-order chi connectivity index (χ1) is 19.0. The van der Waals surface area contributed by atoms with E-state index in [1.165, 1.54) is 18.6 Å². The van der Waals surface area contributed by atoms with Crippen molar-refractivity contribution in [1.82, 2.24) is 10.2 Å². The molecule has 3 N–H and O–H groups in total. The lowest BCUT2D eigenvalue weighted by Gasteiger charge is -2.41. The monoisotopic (exact) mass is 554 g/mol. The fraction of sp³-hybridized carbons (Fsp3) is 0.719. The van der Waals surface area contributed by atoms with Gasteiger partial charge in [0.25, 0.3) is 0 Å². The zero-order valence-electron chi connectivity index (χ0n) is 24.3. The summed E-state index contributed by atoms with van der Waals surface area (Å²) in [5.74, 6) is -0.755. The summed E-state index contributed by atoms with van der Waals surface area (Å²) in [7, 11) is 0. The fourth-order valence-corrected chi connectivity index (χ4v) is 8.08. The van der Waals surface area contributed by atoms with Crippen LogP contribution in [0.25, 0.3) is 0 Å². The molecule has 4 aliphatic rings. The number of aromatic hydroxyl groups is 2. The number of likely N-dealkylation sites (tertiary alicyclic amines) is 1. The molecule has 8 nitrogen and oxygen atoms in total. The number of hydrogen-bond acceptors (Lipinski definition) is 6. The normalized spacial score (nSPS) is 30.6. The van der Waals surface area contributed by atoms with Crippen molar-refractivity contribution >= 4 is 17.8 Å². The number of phenols is 2. The third-order valence-electron chi connectivity index (χ3n) is 11.1. The van der Waals surface area contributed by atoms with Crippen LogP contribution in [0.3, 0.4) is 0 Å². The van der Waals surface area contributed by atoms with E-state index in [1.807, 2.05) is 0 Å². The molecule has 220 valence electrons. The number of carbonyl (C=O) groups is 3. The number of amides is 2. The predicted molar refractivity (Wildman–Crippen MR) is 150 cm³/mol. The highest BCUT2D eigenvalue weighted by Crippen LogP contribution is 2.66. The summed E-state index contributed by atoms with van der Waals surface area (Å²) in [6.45, 7) is 7.33. The lowest BCUT2D eigenvalue weighted by molar-refractivity contribution is -0.168. The van der Waals surface area contributed by atoms with Gasteiger partial charge in [0.15, 0.2) is 11.5 Å². The molecule has 3 saturated carbocycles.